The third kappa shape index (κ3) is 3.55. The Hall–Kier alpha value is -2.01. The Morgan fingerprint density at radius 2 is 2.00 bits per heavy atom. The first kappa shape index (κ1) is 15.4. The average molecular weight is 307 g/mol. The fraction of sp³-hybridized carbons (Fsp3) is 0.333. The van der Waals surface area contributed by atoms with E-state index in [1.165, 1.54) is 0 Å². The molecule has 3 N–H and O–H groups in total. The van der Waals surface area contributed by atoms with Crippen molar-refractivity contribution < 1.29 is 4.74 Å². The van der Waals surface area contributed by atoms with E-state index in [4.69, 9.17) is 22.1 Å². The molecular formula is C15H19ClN4O. The Labute approximate surface area is 129 Å². The second-order valence-electron chi connectivity index (χ2n) is 4.95. The molecule has 1 aromatic carbocycles. The maximum atomic E-state index is 6.06. The van der Waals surface area contributed by atoms with Crippen molar-refractivity contribution in [1.82, 2.24) is 9.97 Å². The molecule has 112 valence electrons. The van der Waals surface area contributed by atoms with Gasteiger partial charge in [0.1, 0.15) is 17.3 Å². The van der Waals surface area contributed by atoms with Gasteiger partial charge in [0.15, 0.2) is 11.0 Å². The number of nitrogen functional groups attached to an aromatic ring is 1. The van der Waals surface area contributed by atoms with E-state index in [1.54, 1.807) is 7.11 Å². The molecule has 0 unspecified atom stereocenters. The summed E-state index contributed by atoms with van der Waals surface area (Å²) in [5.41, 5.74) is 7.31. The first-order valence-corrected chi connectivity index (χ1v) is 7.09. The summed E-state index contributed by atoms with van der Waals surface area (Å²) >= 11 is 6.06. The monoisotopic (exact) mass is 306 g/mol. The van der Waals surface area contributed by atoms with Gasteiger partial charge in [-0.25, -0.2) is 9.97 Å². The molecule has 0 aliphatic carbocycles. The summed E-state index contributed by atoms with van der Waals surface area (Å²) in [7, 11) is 1.64. The Morgan fingerprint density at radius 1 is 1.29 bits per heavy atom. The second kappa shape index (κ2) is 6.63. The van der Waals surface area contributed by atoms with Gasteiger partial charge in [-0.1, -0.05) is 43.6 Å². The molecule has 0 bridgehead atoms. The topological polar surface area (TPSA) is 73.1 Å². The molecule has 0 atom stereocenters. The lowest BCUT2D eigenvalue weighted by atomic mass is 10.2. The smallest absolute Gasteiger partial charge is 0.157 e. The number of para-hydroxylation sites is 1. The van der Waals surface area contributed by atoms with E-state index in [-0.39, 0.29) is 11.1 Å². The number of benzene rings is 1. The lowest BCUT2D eigenvalue weighted by Crippen LogP contribution is -2.10. The van der Waals surface area contributed by atoms with Crippen LogP contribution in [0.5, 0.6) is 5.75 Å². The van der Waals surface area contributed by atoms with Crippen LogP contribution in [0.15, 0.2) is 24.3 Å². The van der Waals surface area contributed by atoms with Crippen LogP contribution in [0.3, 0.4) is 0 Å². The maximum absolute atomic E-state index is 6.06. The van der Waals surface area contributed by atoms with Crippen molar-refractivity contribution in [3.63, 3.8) is 0 Å². The number of methoxy groups -OCH3 is 1. The minimum atomic E-state index is 0.176. The molecule has 0 fully saturated rings. The van der Waals surface area contributed by atoms with Gasteiger partial charge in [-0.15, -0.1) is 0 Å². The van der Waals surface area contributed by atoms with Gasteiger partial charge in [0, 0.05) is 18.0 Å². The summed E-state index contributed by atoms with van der Waals surface area (Å²) in [6.07, 6.45) is 0. The van der Waals surface area contributed by atoms with E-state index in [1.807, 2.05) is 38.1 Å². The van der Waals surface area contributed by atoms with Crippen molar-refractivity contribution in [3.8, 4) is 5.75 Å². The van der Waals surface area contributed by atoms with Gasteiger partial charge in [-0.2, -0.15) is 0 Å². The van der Waals surface area contributed by atoms with Crippen LogP contribution in [0.2, 0.25) is 5.15 Å². The SMILES string of the molecule is COc1ccccc1CNc1nc(C(C)C)nc(Cl)c1N. The van der Waals surface area contributed by atoms with Crippen molar-refractivity contribution in [2.75, 3.05) is 18.2 Å². The first-order chi connectivity index (χ1) is 10.0. The van der Waals surface area contributed by atoms with E-state index in [0.717, 1.165) is 11.3 Å². The second-order valence-corrected chi connectivity index (χ2v) is 5.31. The van der Waals surface area contributed by atoms with Crippen molar-refractivity contribution in [2.24, 2.45) is 0 Å². The number of halogens is 1. The zero-order chi connectivity index (χ0) is 15.4. The molecule has 1 heterocycles. The molecule has 0 spiro atoms. The lowest BCUT2D eigenvalue weighted by Gasteiger charge is -2.14. The summed E-state index contributed by atoms with van der Waals surface area (Å²) in [4.78, 5) is 8.62. The molecule has 2 aromatic rings. The van der Waals surface area contributed by atoms with Gasteiger partial charge < -0.3 is 15.8 Å². The highest BCUT2D eigenvalue weighted by Crippen LogP contribution is 2.27. The minimum absolute atomic E-state index is 0.176. The molecular weight excluding hydrogens is 288 g/mol. The molecule has 0 saturated heterocycles. The van der Waals surface area contributed by atoms with Crippen molar-refractivity contribution in [2.45, 2.75) is 26.3 Å². The average Bonchev–Trinajstić information content (AvgIpc) is 2.48. The fourth-order valence-corrected chi connectivity index (χ4v) is 2.06. The Morgan fingerprint density at radius 3 is 2.67 bits per heavy atom. The van der Waals surface area contributed by atoms with Crippen LogP contribution in [0, 0.1) is 0 Å². The molecule has 6 heteroatoms. The van der Waals surface area contributed by atoms with Crippen LogP contribution in [-0.2, 0) is 6.54 Å². The number of nitrogens with two attached hydrogens (primary N) is 1. The minimum Gasteiger partial charge on any atom is -0.496 e. The quantitative estimate of drug-likeness (QED) is 0.828. The molecule has 0 aliphatic heterocycles. The van der Waals surface area contributed by atoms with E-state index in [0.29, 0.717) is 23.9 Å². The number of nitrogens with zero attached hydrogens (tertiary/aromatic N) is 2. The Bertz CT molecular complexity index is 631. The summed E-state index contributed by atoms with van der Waals surface area (Å²) < 4.78 is 5.32. The molecule has 0 aliphatic rings. The van der Waals surface area contributed by atoms with Gasteiger partial charge in [0.2, 0.25) is 0 Å². The highest BCUT2D eigenvalue weighted by molar-refractivity contribution is 6.32. The van der Waals surface area contributed by atoms with Crippen LogP contribution < -0.4 is 15.8 Å². The number of anilines is 2. The summed E-state index contributed by atoms with van der Waals surface area (Å²) in [5, 5.41) is 3.47. The van der Waals surface area contributed by atoms with Crippen LogP contribution >= 0.6 is 11.6 Å². The predicted molar refractivity (Wildman–Crippen MR) is 85.9 cm³/mol. The third-order valence-electron chi connectivity index (χ3n) is 3.07. The standard InChI is InChI=1S/C15H19ClN4O/c1-9(2)14-19-13(16)12(17)15(20-14)18-8-10-6-4-5-7-11(10)21-3/h4-7,9H,8,17H2,1-3H3,(H,18,19,20). The van der Waals surface area contributed by atoms with Crippen molar-refractivity contribution >= 4 is 23.1 Å². The molecule has 0 saturated carbocycles. The predicted octanol–water partition coefficient (Wildman–Crippen LogP) is 3.46. The highest BCUT2D eigenvalue weighted by Gasteiger charge is 2.13. The summed E-state index contributed by atoms with van der Waals surface area (Å²) in [6, 6.07) is 7.77. The van der Waals surface area contributed by atoms with E-state index >= 15 is 0 Å². The number of hydrogen-bond acceptors (Lipinski definition) is 5. The first-order valence-electron chi connectivity index (χ1n) is 6.71. The van der Waals surface area contributed by atoms with Crippen LogP contribution in [0.1, 0.15) is 31.2 Å². The van der Waals surface area contributed by atoms with Gasteiger partial charge in [0.05, 0.1) is 7.11 Å². The molecule has 0 amide bonds. The number of ether oxygens (including phenoxy) is 1. The fourth-order valence-electron chi connectivity index (χ4n) is 1.88. The molecule has 0 radical (unpaired) electrons. The molecule has 21 heavy (non-hydrogen) atoms. The number of hydrogen-bond donors (Lipinski definition) is 2. The summed E-state index contributed by atoms with van der Waals surface area (Å²) in [6.45, 7) is 4.55. The zero-order valence-electron chi connectivity index (χ0n) is 12.4. The largest absolute Gasteiger partial charge is 0.496 e. The van der Waals surface area contributed by atoms with E-state index in [9.17, 15) is 0 Å². The Balaban J connectivity index is 2.23. The summed E-state index contributed by atoms with van der Waals surface area (Å²) in [5.74, 6) is 2.20. The Kier molecular flexibility index (Phi) is 4.85. The van der Waals surface area contributed by atoms with Gasteiger partial charge in [-0.3, -0.25) is 0 Å². The van der Waals surface area contributed by atoms with E-state index in [2.05, 4.69) is 15.3 Å². The molecule has 2 rings (SSSR count). The zero-order valence-corrected chi connectivity index (χ0v) is 13.1. The number of rotatable bonds is 5. The van der Waals surface area contributed by atoms with Gasteiger partial charge >= 0.3 is 0 Å². The van der Waals surface area contributed by atoms with Crippen LogP contribution in [0.25, 0.3) is 0 Å². The maximum Gasteiger partial charge on any atom is 0.157 e. The highest BCUT2D eigenvalue weighted by atomic mass is 35.5. The normalized spacial score (nSPS) is 10.7. The van der Waals surface area contributed by atoms with E-state index < -0.39 is 0 Å². The van der Waals surface area contributed by atoms with Gasteiger partial charge in [-0.05, 0) is 6.07 Å². The van der Waals surface area contributed by atoms with Gasteiger partial charge in [0.25, 0.3) is 0 Å². The van der Waals surface area contributed by atoms with Crippen LogP contribution in [0.4, 0.5) is 11.5 Å². The lowest BCUT2D eigenvalue weighted by molar-refractivity contribution is 0.410. The molecule has 5 nitrogen and oxygen atoms in total. The van der Waals surface area contributed by atoms with Crippen LogP contribution in [-0.4, -0.2) is 17.1 Å². The third-order valence-corrected chi connectivity index (χ3v) is 3.36. The van der Waals surface area contributed by atoms with Crippen molar-refractivity contribution in [3.05, 3.63) is 40.8 Å². The molecule has 1 aromatic heterocycles. The van der Waals surface area contributed by atoms with Crippen molar-refractivity contribution in [1.29, 1.82) is 0 Å². The number of nitrogens with one attached hydrogen (secondary N) is 1. The number of aromatic nitrogens is 2.